The minimum atomic E-state index is 0.722. The Morgan fingerprint density at radius 2 is 2.12 bits per heavy atom. The lowest BCUT2D eigenvalue weighted by Crippen LogP contribution is -2.38. The molecule has 0 fully saturated rings. The topological polar surface area (TPSA) is 79.5 Å². The molecule has 0 bridgehead atoms. The maximum absolute atomic E-state index is 4.64. The van der Waals surface area contributed by atoms with E-state index in [9.17, 15) is 0 Å². The second-order valence-electron chi connectivity index (χ2n) is 5.81. The summed E-state index contributed by atoms with van der Waals surface area (Å²) >= 11 is 1.78. The van der Waals surface area contributed by atoms with Crippen molar-refractivity contribution in [2.75, 3.05) is 19.6 Å². The normalized spacial score (nSPS) is 11.8. The smallest absolute Gasteiger partial charge is 0.191 e. The minimum Gasteiger partial charge on any atom is -0.357 e. The van der Waals surface area contributed by atoms with E-state index in [1.165, 1.54) is 4.88 Å². The summed E-state index contributed by atoms with van der Waals surface area (Å²) in [6.45, 7) is 6.52. The Bertz CT molecular complexity index is 852. The second kappa shape index (κ2) is 9.28. The molecule has 0 radical (unpaired) electrons. The van der Waals surface area contributed by atoms with Gasteiger partial charge >= 0.3 is 0 Å². The van der Waals surface area contributed by atoms with E-state index in [-0.39, 0.29) is 0 Å². The molecular weight excluding hydrogens is 346 g/mol. The molecule has 0 aromatic carbocycles. The van der Waals surface area contributed by atoms with Crippen LogP contribution in [0.3, 0.4) is 0 Å². The van der Waals surface area contributed by atoms with Gasteiger partial charge in [0.2, 0.25) is 0 Å². The van der Waals surface area contributed by atoms with E-state index in [1.54, 1.807) is 11.3 Å². The maximum Gasteiger partial charge on any atom is 0.191 e. The zero-order valence-corrected chi connectivity index (χ0v) is 16.1. The van der Waals surface area contributed by atoms with Crippen molar-refractivity contribution in [2.24, 2.45) is 4.99 Å². The maximum atomic E-state index is 4.64. The van der Waals surface area contributed by atoms with Crippen molar-refractivity contribution in [3.05, 3.63) is 46.3 Å². The average Bonchev–Trinajstić information content (AvgIpc) is 3.29. The fourth-order valence-electron chi connectivity index (χ4n) is 2.59. The van der Waals surface area contributed by atoms with Crippen LogP contribution in [0.4, 0.5) is 0 Å². The van der Waals surface area contributed by atoms with E-state index in [0.29, 0.717) is 0 Å². The number of hydrogen-bond donors (Lipinski definition) is 2. The summed E-state index contributed by atoms with van der Waals surface area (Å²) < 4.78 is 2.01. The Morgan fingerprint density at radius 1 is 1.19 bits per heavy atom. The molecule has 3 heterocycles. The zero-order chi connectivity index (χ0) is 18.2. The van der Waals surface area contributed by atoms with Crippen LogP contribution in [0.2, 0.25) is 0 Å². The van der Waals surface area contributed by atoms with Gasteiger partial charge in [0, 0.05) is 49.7 Å². The Hall–Kier alpha value is -2.48. The van der Waals surface area contributed by atoms with Gasteiger partial charge in [0.05, 0.1) is 5.01 Å². The quantitative estimate of drug-likeness (QED) is 0.468. The lowest BCUT2D eigenvalue weighted by atomic mass is 10.4. The number of aryl methyl sites for hydroxylation is 1. The highest BCUT2D eigenvalue weighted by Crippen LogP contribution is 2.13. The number of nitrogens with one attached hydrogen (secondary N) is 2. The van der Waals surface area contributed by atoms with Crippen molar-refractivity contribution >= 4 is 22.9 Å². The van der Waals surface area contributed by atoms with Crippen LogP contribution in [0.1, 0.15) is 29.6 Å². The van der Waals surface area contributed by atoms with Gasteiger partial charge in [0.15, 0.2) is 11.6 Å². The van der Waals surface area contributed by atoms with E-state index >= 15 is 0 Å². The van der Waals surface area contributed by atoms with E-state index in [4.69, 9.17) is 0 Å². The van der Waals surface area contributed by atoms with Crippen LogP contribution in [0, 0.1) is 0 Å². The molecule has 7 nitrogen and oxygen atoms in total. The summed E-state index contributed by atoms with van der Waals surface area (Å²) in [7, 11) is 0. The number of aromatic nitrogens is 4. The summed E-state index contributed by atoms with van der Waals surface area (Å²) in [4.78, 5) is 10.4. The lowest BCUT2D eigenvalue weighted by molar-refractivity contribution is 0.762. The summed E-state index contributed by atoms with van der Waals surface area (Å²) in [6.07, 6.45) is 6.65. The molecule has 0 aliphatic rings. The minimum absolute atomic E-state index is 0.722. The predicted octanol–water partition coefficient (Wildman–Crippen LogP) is 2.09. The predicted molar refractivity (Wildman–Crippen MR) is 106 cm³/mol. The van der Waals surface area contributed by atoms with Gasteiger partial charge in [-0.05, 0) is 25.5 Å². The first kappa shape index (κ1) is 18.3. The van der Waals surface area contributed by atoms with Crippen LogP contribution in [0.5, 0.6) is 0 Å². The van der Waals surface area contributed by atoms with Crippen molar-refractivity contribution in [1.29, 1.82) is 0 Å². The molecule has 0 saturated heterocycles. The van der Waals surface area contributed by atoms with E-state index in [2.05, 4.69) is 44.7 Å². The molecule has 26 heavy (non-hydrogen) atoms. The number of guanidine groups is 1. The van der Waals surface area contributed by atoms with Gasteiger partial charge in [-0.3, -0.25) is 9.39 Å². The standard InChI is InChI=1S/C18H25N7S/c1-3-14-13-22-17(26-14)9-11-21-18(19-4-2)20-10-8-16-24-23-15-7-5-6-12-25(15)16/h5-7,12-13H,3-4,8-11H2,1-2H3,(H2,19,20,21). The molecule has 3 aromatic rings. The third-order valence-electron chi connectivity index (χ3n) is 3.92. The molecule has 0 aliphatic heterocycles. The highest BCUT2D eigenvalue weighted by atomic mass is 32.1. The molecule has 3 aromatic heterocycles. The van der Waals surface area contributed by atoms with Crippen LogP contribution in [0.15, 0.2) is 35.6 Å². The molecule has 0 atom stereocenters. The Labute approximate surface area is 157 Å². The van der Waals surface area contributed by atoms with Crippen molar-refractivity contribution in [3.63, 3.8) is 0 Å². The third kappa shape index (κ3) is 4.78. The van der Waals surface area contributed by atoms with Gasteiger partial charge < -0.3 is 10.6 Å². The molecule has 8 heteroatoms. The van der Waals surface area contributed by atoms with Crippen LogP contribution in [-0.4, -0.2) is 45.2 Å². The third-order valence-corrected chi connectivity index (χ3v) is 5.12. The molecule has 2 N–H and O–H groups in total. The first-order valence-corrected chi connectivity index (χ1v) is 9.86. The van der Waals surface area contributed by atoms with Crippen LogP contribution >= 0.6 is 11.3 Å². The van der Waals surface area contributed by atoms with Gasteiger partial charge in [0.25, 0.3) is 0 Å². The molecule has 0 saturated carbocycles. The van der Waals surface area contributed by atoms with Crippen LogP contribution in [0.25, 0.3) is 5.65 Å². The molecule has 0 aliphatic carbocycles. The van der Waals surface area contributed by atoms with E-state index in [1.807, 2.05) is 35.0 Å². The number of aliphatic imine (C=N–C) groups is 1. The van der Waals surface area contributed by atoms with Crippen molar-refractivity contribution in [3.8, 4) is 0 Å². The number of fused-ring (bicyclic) bond motifs is 1. The highest BCUT2D eigenvalue weighted by molar-refractivity contribution is 7.11. The molecule has 0 amide bonds. The van der Waals surface area contributed by atoms with Crippen molar-refractivity contribution in [1.82, 2.24) is 30.2 Å². The molecule has 3 rings (SSSR count). The first-order chi connectivity index (χ1) is 12.8. The number of nitrogens with zero attached hydrogens (tertiary/aromatic N) is 5. The highest BCUT2D eigenvalue weighted by Gasteiger charge is 2.05. The summed E-state index contributed by atoms with van der Waals surface area (Å²) in [5.74, 6) is 1.77. The summed E-state index contributed by atoms with van der Waals surface area (Å²) in [6, 6.07) is 5.91. The van der Waals surface area contributed by atoms with Gasteiger partial charge in [0.1, 0.15) is 5.82 Å². The van der Waals surface area contributed by atoms with Gasteiger partial charge in [-0.1, -0.05) is 13.0 Å². The first-order valence-electron chi connectivity index (χ1n) is 9.04. The number of rotatable bonds is 8. The Morgan fingerprint density at radius 3 is 2.92 bits per heavy atom. The number of pyridine rings is 1. The van der Waals surface area contributed by atoms with Gasteiger partial charge in [-0.15, -0.1) is 21.5 Å². The summed E-state index contributed by atoms with van der Waals surface area (Å²) in [5.41, 5.74) is 0.873. The fraction of sp³-hybridized carbons (Fsp3) is 0.444. The zero-order valence-electron chi connectivity index (χ0n) is 15.3. The van der Waals surface area contributed by atoms with Gasteiger partial charge in [-0.25, -0.2) is 4.98 Å². The molecular formula is C18H25N7S. The fourth-order valence-corrected chi connectivity index (χ4v) is 3.44. The number of hydrogen-bond acceptors (Lipinski definition) is 5. The van der Waals surface area contributed by atoms with E-state index in [0.717, 1.165) is 61.3 Å². The van der Waals surface area contributed by atoms with Gasteiger partial charge in [-0.2, -0.15) is 0 Å². The number of thiazole rings is 1. The summed E-state index contributed by atoms with van der Waals surface area (Å²) in [5, 5.41) is 16.2. The van der Waals surface area contributed by atoms with Crippen LogP contribution < -0.4 is 10.6 Å². The molecule has 0 spiro atoms. The monoisotopic (exact) mass is 371 g/mol. The molecule has 0 unspecified atom stereocenters. The Balaban J connectivity index is 1.51. The van der Waals surface area contributed by atoms with E-state index < -0.39 is 0 Å². The van der Waals surface area contributed by atoms with Crippen molar-refractivity contribution in [2.45, 2.75) is 33.1 Å². The second-order valence-corrected chi connectivity index (χ2v) is 7.01. The average molecular weight is 372 g/mol. The van der Waals surface area contributed by atoms with Crippen LogP contribution in [-0.2, 0) is 19.3 Å². The molecule has 138 valence electrons. The van der Waals surface area contributed by atoms with Crippen molar-refractivity contribution < 1.29 is 0 Å². The largest absolute Gasteiger partial charge is 0.357 e. The Kier molecular flexibility index (Phi) is 6.54. The SMILES string of the molecule is CCNC(=NCCc1ncc(CC)s1)NCCc1nnc2ccccn12. The lowest BCUT2D eigenvalue weighted by Gasteiger charge is -2.10.